The molecule has 0 saturated heterocycles. The summed E-state index contributed by atoms with van der Waals surface area (Å²) in [6, 6.07) is 14.9. The number of hydrogen-bond acceptors (Lipinski definition) is 6. The normalized spacial score (nSPS) is 10.8. The van der Waals surface area contributed by atoms with Crippen LogP contribution in [0.5, 0.6) is 0 Å². The highest BCUT2D eigenvalue weighted by Crippen LogP contribution is 2.28. The smallest absolute Gasteiger partial charge is 0.257 e. The van der Waals surface area contributed by atoms with Gasteiger partial charge in [-0.3, -0.25) is 14.9 Å². The van der Waals surface area contributed by atoms with E-state index in [4.69, 9.17) is 16.0 Å². The van der Waals surface area contributed by atoms with E-state index in [-0.39, 0.29) is 17.1 Å². The fraction of sp³-hybridized carbons (Fsp3) is 0. The lowest BCUT2D eigenvalue weighted by atomic mass is 10.2. The van der Waals surface area contributed by atoms with Crippen LogP contribution in [0.2, 0.25) is 5.02 Å². The summed E-state index contributed by atoms with van der Waals surface area (Å²) in [4.78, 5) is 24.4. The molecule has 0 radical (unpaired) electrons. The van der Waals surface area contributed by atoms with Gasteiger partial charge in [-0.1, -0.05) is 41.1 Å². The Morgan fingerprint density at radius 2 is 1.88 bits per heavy atom. The number of fused-ring (bicyclic) bond motifs is 1. The van der Waals surface area contributed by atoms with Crippen molar-refractivity contribution >= 4 is 44.9 Å². The summed E-state index contributed by atoms with van der Waals surface area (Å²) < 4.78 is 5.72. The third-order valence-corrected chi connectivity index (χ3v) is 4.67. The second-order valence-corrected chi connectivity index (χ2v) is 6.76. The molecule has 0 spiro atoms. The SMILES string of the molecule is O=C(Nc1nnc(-c2cc(=O)c3cc(Cl)ccc3o2)s1)c1ccccc1. The van der Waals surface area contributed by atoms with Crippen LogP contribution >= 0.6 is 22.9 Å². The molecule has 1 amide bonds. The van der Waals surface area contributed by atoms with Crippen LogP contribution in [-0.4, -0.2) is 16.1 Å². The Morgan fingerprint density at radius 1 is 1.08 bits per heavy atom. The highest BCUT2D eigenvalue weighted by Gasteiger charge is 2.14. The predicted octanol–water partition coefficient (Wildman–Crippen LogP) is 4.22. The number of rotatable bonds is 3. The molecule has 0 atom stereocenters. The number of nitrogens with zero attached hydrogens (tertiary/aromatic N) is 2. The maximum atomic E-state index is 12.3. The quantitative estimate of drug-likeness (QED) is 0.572. The minimum atomic E-state index is -0.289. The number of hydrogen-bond donors (Lipinski definition) is 1. The van der Waals surface area contributed by atoms with Crippen LogP contribution in [0, 0.1) is 0 Å². The Morgan fingerprint density at radius 3 is 2.69 bits per heavy atom. The second-order valence-electron chi connectivity index (χ2n) is 5.35. The summed E-state index contributed by atoms with van der Waals surface area (Å²) in [5.74, 6) is -0.00885. The first-order valence-corrected chi connectivity index (χ1v) is 8.73. The molecular formula is C18H10ClN3O3S. The van der Waals surface area contributed by atoms with Gasteiger partial charge in [-0.2, -0.15) is 0 Å². The zero-order valence-electron chi connectivity index (χ0n) is 13.1. The average Bonchev–Trinajstić information content (AvgIpc) is 3.11. The molecule has 1 N–H and O–H groups in total. The summed E-state index contributed by atoms with van der Waals surface area (Å²) in [6.45, 7) is 0. The number of halogens is 1. The monoisotopic (exact) mass is 383 g/mol. The molecule has 8 heteroatoms. The lowest BCUT2D eigenvalue weighted by molar-refractivity contribution is 0.102. The Labute approximate surface area is 156 Å². The molecule has 26 heavy (non-hydrogen) atoms. The maximum Gasteiger partial charge on any atom is 0.257 e. The van der Waals surface area contributed by atoms with Crippen molar-refractivity contribution in [2.75, 3.05) is 5.32 Å². The van der Waals surface area contributed by atoms with E-state index in [1.54, 1.807) is 42.5 Å². The molecule has 0 aliphatic rings. The van der Waals surface area contributed by atoms with Gasteiger partial charge in [0, 0.05) is 16.7 Å². The third-order valence-electron chi connectivity index (χ3n) is 3.58. The van der Waals surface area contributed by atoms with Crippen molar-refractivity contribution in [3.8, 4) is 10.8 Å². The van der Waals surface area contributed by atoms with Gasteiger partial charge in [0.2, 0.25) is 5.13 Å². The van der Waals surface area contributed by atoms with Crippen LogP contribution < -0.4 is 10.7 Å². The van der Waals surface area contributed by atoms with Crippen LogP contribution in [0.15, 0.2) is 63.8 Å². The summed E-state index contributed by atoms with van der Waals surface area (Å²) in [7, 11) is 0. The van der Waals surface area contributed by atoms with E-state index in [1.165, 1.54) is 6.07 Å². The van der Waals surface area contributed by atoms with E-state index in [0.717, 1.165) is 11.3 Å². The van der Waals surface area contributed by atoms with Crippen molar-refractivity contribution in [3.63, 3.8) is 0 Å². The molecular weight excluding hydrogens is 374 g/mol. The number of anilines is 1. The van der Waals surface area contributed by atoms with Crippen molar-refractivity contribution in [2.45, 2.75) is 0 Å². The minimum Gasteiger partial charge on any atom is -0.453 e. The van der Waals surface area contributed by atoms with Crippen LogP contribution in [0.1, 0.15) is 10.4 Å². The van der Waals surface area contributed by atoms with Crippen LogP contribution in [-0.2, 0) is 0 Å². The Kier molecular flexibility index (Phi) is 4.24. The lowest BCUT2D eigenvalue weighted by Crippen LogP contribution is -2.11. The molecule has 6 nitrogen and oxygen atoms in total. The van der Waals surface area contributed by atoms with Crippen LogP contribution in [0.3, 0.4) is 0 Å². The minimum absolute atomic E-state index is 0.228. The summed E-state index contributed by atoms with van der Waals surface area (Å²) in [5.41, 5.74) is 0.689. The van der Waals surface area contributed by atoms with Gasteiger partial charge in [-0.15, -0.1) is 10.2 Å². The number of aromatic nitrogens is 2. The number of carbonyl (C=O) groups excluding carboxylic acids is 1. The van der Waals surface area contributed by atoms with Crippen LogP contribution in [0.25, 0.3) is 21.7 Å². The first kappa shape index (κ1) is 16.4. The standard InChI is InChI=1S/C18H10ClN3O3S/c19-11-6-7-14-12(8-11)13(23)9-15(25-14)17-21-22-18(26-17)20-16(24)10-4-2-1-3-5-10/h1-9H,(H,20,22,24). The predicted molar refractivity (Wildman–Crippen MR) is 101 cm³/mol. The van der Waals surface area contributed by atoms with Gasteiger partial charge < -0.3 is 4.42 Å². The van der Waals surface area contributed by atoms with Crippen molar-refractivity contribution in [2.24, 2.45) is 0 Å². The first-order chi connectivity index (χ1) is 12.6. The number of amides is 1. The van der Waals surface area contributed by atoms with Crippen molar-refractivity contribution < 1.29 is 9.21 Å². The number of carbonyl (C=O) groups is 1. The third kappa shape index (κ3) is 3.22. The topological polar surface area (TPSA) is 85.1 Å². The molecule has 0 unspecified atom stereocenters. The van der Waals surface area contributed by atoms with E-state index in [0.29, 0.717) is 31.7 Å². The largest absolute Gasteiger partial charge is 0.453 e. The Bertz CT molecular complexity index is 1170. The van der Waals surface area contributed by atoms with E-state index in [2.05, 4.69) is 15.5 Å². The molecule has 0 bridgehead atoms. The summed E-state index contributed by atoms with van der Waals surface area (Å²) in [5, 5.41) is 12.2. The number of nitrogens with one attached hydrogen (secondary N) is 1. The molecule has 2 aromatic heterocycles. The summed E-state index contributed by atoms with van der Waals surface area (Å²) >= 11 is 7.03. The zero-order valence-corrected chi connectivity index (χ0v) is 14.7. The highest BCUT2D eigenvalue weighted by molar-refractivity contribution is 7.18. The molecule has 0 aliphatic carbocycles. The van der Waals surface area contributed by atoms with Crippen molar-refractivity contribution in [3.05, 3.63) is 75.4 Å². The number of benzene rings is 2. The van der Waals surface area contributed by atoms with Gasteiger partial charge >= 0.3 is 0 Å². The zero-order chi connectivity index (χ0) is 18.1. The summed E-state index contributed by atoms with van der Waals surface area (Å²) in [6.07, 6.45) is 0. The van der Waals surface area contributed by atoms with Gasteiger partial charge in [0.1, 0.15) is 5.58 Å². The maximum absolute atomic E-state index is 12.3. The molecule has 0 aliphatic heterocycles. The molecule has 4 rings (SSSR count). The average molecular weight is 384 g/mol. The van der Waals surface area contributed by atoms with Crippen molar-refractivity contribution in [1.82, 2.24) is 10.2 Å². The first-order valence-electron chi connectivity index (χ1n) is 7.54. The van der Waals surface area contributed by atoms with E-state index in [9.17, 15) is 9.59 Å². The fourth-order valence-electron chi connectivity index (χ4n) is 2.37. The van der Waals surface area contributed by atoms with Crippen LogP contribution in [0.4, 0.5) is 5.13 Å². The molecule has 4 aromatic rings. The van der Waals surface area contributed by atoms with Gasteiger partial charge in [-0.25, -0.2) is 0 Å². The molecule has 0 saturated carbocycles. The Balaban J connectivity index is 1.64. The van der Waals surface area contributed by atoms with Gasteiger partial charge in [-0.05, 0) is 30.3 Å². The van der Waals surface area contributed by atoms with Crippen molar-refractivity contribution in [1.29, 1.82) is 0 Å². The lowest BCUT2D eigenvalue weighted by Gasteiger charge is -2.00. The van der Waals surface area contributed by atoms with Gasteiger partial charge in [0.25, 0.3) is 5.91 Å². The van der Waals surface area contributed by atoms with Gasteiger partial charge in [0.15, 0.2) is 16.2 Å². The van der Waals surface area contributed by atoms with E-state index in [1.807, 2.05) is 6.07 Å². The second kappa shape index (κ2) is 6.70. The Hall–Kier alpha value is -3.03. The molecule has 2 aromatic carbocycles. The molecule has 128 valence electrons. The highest BCUT2D eigenvalue weighted by atomic mass is 35.5. The van der Waals surface area contributed by atoms with Gasteiger partial charge in [0.05, 0.1) is 5.39 Å². The molecule has 0 fully saturated rings. The van der Waals surface area contributed by atoms with E-state index < -0.39 is 0 Å². The fourth-order valence-corrected chi connectivity index (χ4v) is 3.23. The molecule has 2 heterocycles. The van der Waals surface area contributed by atoms with E-state index >= 15 is 0 Å².